The first-order chi connectivity index (χ1) is 12.6. The highest BCUT2D eigenvalue weighted by molar-refractivity contribution is 5.94. The van der Waals surface area contributed by atoms with E-state index in [1.165, 1.54) is 0 Å². The standard InChI is InChI=1S/C20H21N3O3/c1-14(20(24)22-17-8-4-3-7-15(17)11-21)23(2)12-16-13-25-18-9-5-6-10-19(18)26-16/h3-10,14,16H,12-13H2,1-2H3,(H,22,24)/p+1/t14-,16+/m0/s1. The van der Waals surface area contributed by atoms with Gasteiger partial charge in [0.1, 0.15) is 19.2 Å². The van der Waals surface area contributed by atoms with E-state index in [2.05, 4.69) is 11.4 Å². The van der Waals surface area contributed by atoms with Crippen LogP contribution >= 0.6 is 0 Å². The van der Waals surface area contributed by atoms with Gasteiger partial charge in [0.15, 0.2) is 23.6 Å². The molecule has 2 N–H and O–H groups in total. The van der Waals surface area contributed by atoms with Gasteiger partial charge in [-0.25, -0.2) is 0 Å². The molecule has 3 atom stereocenters. The lowest BCUT2D eigenvalue weighted by atomic mass is 10.1. The van der Waals surface area contributed by atoms with E-state index >= 15 is 0 Å². The quantitative estimate of drug-likeness (QED) is 0.849. The molecule has 6 heteroatoms. The predicted molar refractivity (Wildman–Crippen MR) is 97.4 cm³/mol. The summed E-state index contributed by atoms with van der Waals surface area (Å²) in [6.07, 6.45) is -0.119. The molecule has 1 unspecified atom stereocenters. The molecule has 26 heavy (non-hydrogen) atoms. The van der Waals surface area contributed by atoms with E-state index in [1.54, 1.807) is 24.3 Å². The van der Waals surface area contributed by atoms with Crippen LogP contribution in [0.2, 0.25) is 0 Å². The average Bonchev–Trinajstić information content (AvgIpc) is 2.67. The molecular weight excluding hydrogens is 330 g/mol. The molecule has 1 amide bonds. The maximum Gasteiger partial charge on any atom is 0.282 e. The maximum atomic E-state index is 12.5. The molecule has 0 fully saturated rings. The van der Waals surface area contributed by atoms with Crippen molar-refractivity contribution in [1.29, 1.82) is 5.26 Å². The number of anilines is 1. The number of nitrogens with zero attached hydrogens (tertiary/aromatic N) is 1. The maximum absolute atomic E-state index is 12.5. The van der Waals surface area contributed by atoms with Gasteiger partial charge in [0.25, 0.3) is 5.91 Å². The highest BCUT2D eigenvalue weighted by Crippen LogP contribution is 2.30. The number of fused-ring (bicyclic) bond motifs is 1. The van der Waals surface area contributed by atoms with Crippen molar-refractivity contribution in [2.24, 2.45) is 0 Å². The van der Waals surface area contributed by atoms with Gasteiger partial charge in [-0.15, -0.1) is 0 Å². The van der Waals surface area contributed by atoms with Crippen molar-refractivity contribution in [3.8, 4) is 17.6 Å². The van der Waals surface area contributed by atoms with E-state index in [9.17, 15) is 4.79 Å². The largest absolute Gasteiger partial charge is 0.486 e. The number of nitrogens with one attached hydrogen (secondary N) is 2. The Kier molecular flexibility index (Phi) is 5.40. The summed E-state index contributed by atoms with van der Waals surface area (Å²) in [6, 6.07) is 16.3. The number of hydrogen-bond acceptors (Lipinski definition) is 4. The topological polar surface area (TPSA) is 75.8 Å². The van der Waals surface area contributed by atoms with Crippen LogP contribution in [0.4, 0.5) is 5.69 Å². The van der Waals surface area contributed by atoms with Gasteiger partial charge >= 0.3 is 0 Å². The minimum absolute atomic E-state index is 0.119. The number of carbonyl (C=O) groups is 1. The summed E-state index contributed by atoms with van der Waals surface area (Å²) in [6.45, 7) is 2.94. The van der Waals surface area contributed by atoms with Crippen LogP contribution in [0.1, 0.15) is 12.5 Å². The summed E-state index contributed by atoms with van der Waals surface area (Å²) < 4.78 is 11.7. The molecule has 0 radical (unpaired) electrons. The fraction of sp³-hybridized carbons (Fsp3) is 0.300. The second kappa shape index (κ2) is 7.89. The lowest BCUT2D eigenvalue weighted by molar-refractivity contribution is -0.896. The Morgan fingerprint density at radius 2 is 1.96 bits per heavy atom. The van der Waals surface area contributed by atoms with Crippen molar-refractivity contribution in [3.63, 3.8) is 0 Å². The van der Waals surface area contributed by atoms with Gasteiger partial charge in [-0.05, 0) is 31.2 Å². The first-order valence-electron chi connectivity index (χ1n) is 8.59. The highest BCUT2D eigenvalue weighted by Gasteiger charge is 2.29. The monoisotopic (exact) mass is 352 g/mol. The van der Waals surface area contributed by atoms with Gasteiger partial charge in [0.05, 0.1) is 18.3 Å². The van der Waals surface area contributed by atoms with Crippen LogP contribution in [0.25, 0.3) is 0 Å². The molecule has 0 spiro atoms. The molecule has 0 aromatic heterocycles. The van der Waals surface area contributed by atoms with Crippen LogP contribution in [0.3, 0.4) is 0 Å². The molecule has 3 rings (SSSR count). The van der Waals surface area contributed by atoms with Crippen LogP contribution < -0.4 is 19.7 Å². The number of likely N-dealkylation sites (N-methyl/N-ethyl adjacent to an activating group) is 1. The van der Waals surface area contributed by atoms with E-state index in [1.807, 2.05) is 38.2 Å². The number of nitriles is 1. The van der Waals surface area contributed by atoms with E-state index in [0.29, 0.717) is 24.4 Å². The minimum Gasteiger partial charge on any atom is -0.486 e. The lowest BCUT2D eigenvalue weighted by Gasteiger charge is -2.29. The first-order valence-corrected chi connectivity index (χ1v) is 8.59. The summed E-state index contributed by atoms with van der Waals surface area (Å²) in [5.74, 6) is 1.35. The van der Waals surface area contributed by atoms with Crippen LogP contribution in [0, 0.1) is 11.3 Å². The van der Waals surface area contributed by atoms with Gasteiger partial charge in [-0.2, -0.15) is 5.26 Å². The zero-order valence-corrected chi connectivity index (χ0v) is 14.9. The number of para-hydroxylation sites is 3. The number of amides is 1. The molecule has 2 aromatic carbocycles. The summed E-state index contributed by atoms with van der Waals surface area (Å²) in [5.41, 5.74) is 0.983. The summed E-state index contributed by atoms with van der Waals surface area (Å²) in [4.78, 5) is 13.6. The molecule has 1 aliphatic heterocycles. The van der Waals surface area contributed by atoms with Crippen molar-refractivity contribution in [2.45, 2.75) is 19.1 Å². The number of rotatable bonds is 5. The van der Waals surface area contributed by atoms with E-state index < -0.39 is 0 Å². The van der Waals surface area contributed by atoms with Crippen LogP contribution in [0.5, 0.6) is 11.5 Å². The molecule has 134 valence electrons. The summed E-state index contributed by atoms with van der Waals surface area (Å²) in [5, 5.41) is 12.0. The highest BCUT2D eigenvalue weighted by atomic mass is 16.6. The SMILES string of the molecule is C[C@@H](C(=O)Nc1ccccc1C#N)[NH+](C)C[C@@H]1COc2ccccc2O1. The molecule has 6 nitrogen and oxygen atoms in total. The van der Waals surface area contributed by atoms with Crippen molar-refractivity contribution in [2.75, 3.05) is 25.5 Å². The molecule has 0 saturated carbocycles. The lowest BCUT2D eigenvalue weighted by Crippen LogP contribution is -3.15. The van der Waals surface area contributed by atoms with Crippen LogP contribution in [-0.4, -0.2) is 38.3 Å². The Bertz CT molecular complexity index is 831. The number of benzene rings is 2. The Labute approximate surface area is 152 Å². The van der Waals surface area contributed by atoms with Gasteiger partial charge in [-0.3, -0.25) is 4.79 Å². The van der Waals surface area contributed by atoms with Crippen molar-refractivity contribution < 1.29 is 19.2 Å². The average molecular weight is 352 g/mol. The fourth-order valence-corrected chi connectivity index (χ4v) is 2.85. The van der Waals surface area contributed by atoms with E-state index in [0.717, 1.165) is 16.4 Å². The molecule has 1 heterocycles. The van der Waals surface area contributed by atoms with Crippen molar-refractivity contribution in [3.05, 3.63) is 54.1 Å². The van der Waals surface area contributed by atoms with Crippen molar-refractivity contribution >= 4 is 11.6 Å². The van der Waals surface area contributed by atoms with Gasteiger partial charge in [-0.1, -0.05) is 24.3 Å². The summed E-state index contributed by atoms with van der Waals surface area (Å²) in [7, 11) is 1.95. The van der Waals surface area contributed by atoms with Crippen molar-refractivity contribution in [1.82, 2.24) is 0 Å². The Balaban J connectivity index is 1.58. The van der Waals surface area contributed by atoms with Crippen LogP contribution in [0.15, 0.2) is 48.5 Å². The van der Waals surface area contributed by atoms with E-state index in [4.69, 9.17) is 14.7 Å². The number of hydrogen-bond donors (Lipinski definition) is 2. The van der Waals surface area contributed by atoms with Gasteiger partial charge in [0, 0.05) is 0 Å². The number of quaternary nitrogens is 1. The molecular formula is C20H22N3O3+. The fourth-order valence-electron chi connectivity index (χ4n) is 2.85. The Morgan fingerprint density at radius 3 is 2.73 bits per heavy atom. The minimum atomic E-state index is -0.303. The third-order valence-corrected chi connectivity index (χ3v) is 4.56. The smallest absolute Gasteiger partial charge is 0.282 e. The zero-order chi connectivity index (χ0) is 18.5. The predicted octanol–water partition coefficient (Wildman–Crippen LogP) is 1.24. The van der Waals surface area contributed by atoms with Gasteiger partial charge < -0.3 is 19.7 Å². The molecule has 0 bridgehead atoms. The third-order valence-electron chi connectivity index (χ3n) is 4.56. The Morgan fingerprint density at radius 1 is 1.27 bits per heavy atom. The summed E-state index contributed by atoms with van der Waals surface area (Å²) >= 11 is 0. The second-order valence-corrected chi connectivity index (χ2v) is 6.42. The molecule has 0 aliphatic carbocycles. The number of carbonyl (C=O) groups excluding carboxylic acids is 1. The normalized spacial score (nSPS) is 17.7. The van der Waals surface area contributed by atoms with E-state index in [-0.39, 0.29) is 18.1 Å². The third kappa shape index (κ3) is 3.95. The Hall–Kier alpha value is -3.04. The molecule has 1 aliphatic rings. The van der Waals surface area contributed by atoms with Crippen LogP contribution in [-0.2, 0) is 4.79 Å². The van der Waals surface area contributed by atoms with Gasteiger partial charge in [0.2, 0.25) is 0 Å². The molecule has 2 aromatic rings. The molecule has 0 saturated heterocycles. The zero-order valence-electron chi connectivity index (χ0n) is 14.9. The second-order valence-electron chi connectivity index (χ2n) is 6.42. The first kappa shape index (κ1) is 17.8. The number of ether oxygens (including phenoxy) is 2.